The number of carboxylic acids is 1. The van der Waals surface area contributed by atoms with Crippen LogP contribution in [0.15, 0.2) is 139 Å². The highest BCUT2D eigenvalue weighted by molar-refractivity contribution is 5.89. The van der Waals surface area contributed by atoms with Gasteiger partial charge in [-0.05, 0) is 106 Å². The molecule has 0 aliphatic rings. The molecule has 0 amide bonds. The summed E-state index contributed by atoms with van der Waals surface area (Å²) in [5, 5.41) is 9.26. The van der Waals surface area contributed by atoms with Gasteiger partial charge in [0.05, 0.1) is 6.57 Å². The highest BCUT2D eigenvalue weighted by atomic mass is 16.4. The highest BCUT2D eigenvalue weighted by Crippen LogP contribution is 2.38. The van der Waals surface area contributed by atoms with Crippen LogP contribution in [0.1, 0.15) is 249 Å². The zero-order valence-electron chi connectivity index (χ0n) is 47.9. The van der Waals surface area contributed by atoms with Gasteiger partial charge in [-0.15, -0.1) is 0 Å². The molecule has 2 unspecified atom stereocenters. The Morgan fingerprint density at radius 1 is 0.434 bits per heavy atom. The summed E-state index contributed by atoms with van der Waals surface area (Å²) >= 11 is 0. The molecule has 0 saturated heterocycles. The Morgan fingerprint density at radius 3 is 1.00 bits per heavy atom. The van der Waals surface area contributed by atoms with Crippen molar-refractivity contribution < 1.29 is 9.90 Å². The van der Waals surface area contributed by atoms with Gasteiger partial charge in [-0.25, -0.2) is 4.85 Å². The molecule has 0 radical (unpaired) electrons. The van der Waals surface area contributed by atoms with E-state index in [0.29, 0.717) is 11.8 Å². The summed E-state index contributed by atoms with van der Waals surface area (Å²) in [5.74, 6) is -0.105. The quantitative estimate of drug-likeness (QED) is 0.0184. The average Bonchev–Trinajstić information content (AvgIpc) is 3.45. The van der Waals surface area contributed by atoms with Crippen molar-refractivity contribution in [3.63, 3.8) is 0 Å². The SMILES string of the molecule is [C-]#[N+]C(=CC=Cc1ccc(N(c2ccc(-c3ccc(C(C)CCCCCCCCCCCCCCCC)cc3)cc2)c2ccc(-c3ccc(C(C)CCCCCCCCCCCCCCCC)cc3)cc2)cc1)C(=O)O. The number of allylic oxidation sites excluding steroid dienone is 2. The van der Waals surface area contributed by atoms with Crippen LogP contribution in [0.25, 0.3) is 33.2 Å². The van der Waals surface area contributed by atoms with Gasteiger partial charge in [-0.3, -0.25) is 4.79 Å². The van der Waals surface area contributed by atoms with E-state index in [1.807, 2.05) is 18.2 Å². The molecule has 1 N–H and O–H groups in total. The van der Waals surface area contributed by atoms with E-state index in [1.165, 1.54) is 232 Å². The number of unbranched alkanes of at least 4 members (excludes halogenated alkanes) is 26. The number of carboxylic acid groups (broad SMARTS) is 1. The summed E-state index contributed by atoms with van der Waals surface area (Å²) < 4.78 is 0. The van der Waals surface area contributed by atoms with Crippen LogP contribution < -0.4 is 4.90 Å². The van der Waals surface area contributed by atoms with Crippen molar-refractivity contribution in [2.24, 2.45) is 0 Å². The molecule has 4 nitrogen and oxygen atoms in total. The maximum atomic E-state index is 11.3. The molecule has 2 atom stereocenters. The highest BCUT2D eigenvalue weighted by Gasteiger charge is 2.15. The van der Waals surface area contributed by atoms with Crippen LogP contribution in [0.4, 0.5) is 17.1 Å². The fourth-order valence-electron chi connectivity index (χ4n) is 10.8. The largest absolute Gasteiger partial charge is 0.486 e. The summed E-state index contributed by atoms with van der Waals surface area (Å²) in [7, 11) is 0. The first-order chi connectivity index (χ1) is 37.3. The average molecular weight is 1020 g/mol. The maximum Gasteiger partial charge on any atom is 0.333 e. The third-order valence-electron chi connectivity index (χ3n) is 15.9. The molecule has 5 rings (SSSR count). The molecule has 0 aliphatic carbocycles. The number of rotatable bonds is 40. The van der Waals surface area contributed by atoms with E-state index in [-0.39, 0.29) is 5.70 Å². The number of aliphatic carboxylic acids is 1. The van der Waals surface area contributed by atoms with Crippen molar-refractivity contribution in [1.82, 2.24) is 0 Å². The number of hydrogen-bond donors (Lipinski definition) is 1. The second-order valence-corrected chi connectivity index (χ2v) is 22.2. The second-order valence-electron chi connectivity index (χ2n) is 22.2. The van der Waals surface area contributed by atoms with Crippen LogP contribution in [0.2, 0.25) is 0 Å². The van der Waals surface area contributed by atoms with Crippen molar-refractivity contribution in [2.75, 3.05) is 4.90 Å². The lowest BCUT2D eigenvalue weighted by atomic mass is 9.93. The van der Waals surface area contributed by atoms with Crippen molar-refractivity contribution >= 4 is 29.1 Å². The van der Waals surface area contributed by atoms with Crippen LogP contribution in [0, 0.1) is 6.57 Å². The van der Waals surface area contributed by atoms with E-state index < -0.39 is 5.97 Å². The van der Waals surface area contributed by atoms with E-state index in [1.54, 1.807) is 6.08 Å². The standard InChI is InChI=1S/C72H98N2O2/c1-6-8-10-12-14-16-18-20-22-24-26-28-30-32-35-59(3)62-41-45-64(46-42-62)66-49-55-69(56-50-66)74(68-53-39-61(40-54-68)37-34-38-71(73-5)72(75)76)70-57-51-67(52-58-70)65-47-43-63(44-48-65)60(4)36-33-31-29-27-25-23-21-19-17-15-13-11-9-7-2/h34,37-60H,6-33,35-36H2,1-4H3,(H,75,76). The molecule has 0 spiro atoms. The van der Waals surface area contributed by atoms with E-state index in [2.05, 4.69) is 147 Å². The lowest BCUT2D eigenvalue weighted by molar-refractivity contribution is -0.132. The van der Waals surface area contributed by atoms with Gasteiger partial charge in [-0.1, -0.05) is 305 Å². The minimum absolute atomic E-state index is 0.312. The third kappa shape index (κ3) is 22.9. The Morgan fingerprint density at radius 2 is 0.711 bits per heavy atom. The van der Waals surface area contributed by atoms with Gasteiger partial charge in [0.2, 0.25) is 0 Å². The van der Waals surface area contributed by atoms with Gasteiger partial charge in [-0.2, -0.15) is 0 Å². The Hall–Kier alpha value is -5.66. The molecule has 0 bridgehead atoms. The molecular weight excluding hydrogens is 925 g/mol. The zero-order valence-corrected chi connectivity index (χ0v) is 47.9. The van der Waals surface area contributed by atoms with Crippen LogP contribution in [-0.2, 0) is 4.79 Å². The molecule has 0 fully saturated rings. The predicted molar refractivity (Wildman–Crippen MR) is 330 cm³/mol. The molecule has 0 saturated carbocycles. The smallest absolute Gasteiger partial charge is 0.333 e. The number of anilines is 3. The van der Waals surface area contributed by atoms with Gasteiger partial charge < -0.3 is 10.0 Å². The lowest BCUT2D eigenvalue weighted by Gasteiger charge is -2.26. The first-order valence-corrected chi connectivity index (χ1v) is 30.6. The van der Waals surface area contributed by atoms with Crippen molar-refractivity contribution in [3.8, 4) is 22.3 Å². The number of benzene rings is 5. The first kappa shape index (κ1) is 61.2. The van der Waals surface area contributed by atoms with Crippen LogP contribution in [-0.4, -0.2) is 11.1 Å². The third-order valence-corrected chi connectivity index (χ3v) is 15.9. The summed E-state index contributed by atoms with van der Waals surface area (Å²) in [4.78, 5) is 16.7. The zero-order chi connectivity index (χ0) is 53.8. The Bertz CT molecular complexity index is 2280. The minimum atomic E-state index is -1.22. The number of carbonyl (C=O) groups is 1. The van der Waals surface area contributed by atoms with Crippen LogP contribution >= 0.6 is 0 Å². The van der Waals surface area contributed by atoms with Crippen LogP contribution in [0.3, 0.4) is 0 Å². The Balaban J connectivity index is 1.14. The summed E-state index contributed by atoms with van der Waals surface area (Å²) in [5.41, 5.74) is 11.4. The predicted octanol–water partition coefficient (Wildman–Crippen LogP) is 23.3. The van der Waals surface area contributed by atoms with E-state index in [9.17, 15) is 9.90 Å². The van der Waals surface area contributed by atoms with Gasteiger partial charge in [0.25, 0.3) is 5.70 Å². The monoisotopic (exact) mass is 1020 g/mol. The van der Waals surface area contributed by atoms with Crippen molar-refractivity contribution in [1.29, 1.82) is 0 Å². The van der Waals surface area contributed by atoms with Gasteiger partial charge in [0.1, 0.15) is 0 Å². The summed E-state index contributed by atoms with van der Waals surface area (Å²) in [6.07, 6.45) is 46.4. The molecule has 76 heavy (non-hydrogen) atoms. The molecule has 0 heterocycles. The fraction of sp³-hybridized carbons (Fsp3) is 0.500. The number of hydrogen-bond acceptors (Lipinski definition) is 2. The molecule has 5 aromatic carbocycles. The normalized spacial score (nSPS) is 12.5. The molecule has 0 aromatic heterocycles. The number of nitrogens with zero attached hydrogens (tertiary/aromatic N) is 2. The summed E-state index contributed by atoms with van der Waals surface area (Å²) in [6.45, 7) is 16.5. The molecule has 5 aromatic rings. The Kier molecular flexibility index (Phi) is 29.9. The topological polar surface area (TPSA) is 44.9 Å². The molecule has 4 heteroatoms. The van der Waals surface area contributed by atoms with Crippen LogP contribution in [0.5, 0.6) is 0 Å². The van der Waals surface area contributed by atoms with E-state index in [0.717, 1.165) is 22.6 Å². The molecule has 0 aliphatic heterocycles. The fourth-order valence-corrected chi connectivity index (χ4v) is 10.8. The Labute approximate surface area is 463 Å². The first-order valence-electron chi connectivity index (χ1n) is 30.6. The van der Waals surface area contributed by atoms with Gasteiger partial charge >= 0.3 is 5.97 Å². The van der Waals surface area contributed by atoms with E-state index >= 15 is 0 Å². The van der Waals surface area contributed by atoms with Crippen molar-refractivity contribution in [3.05, 3.63) is 167 Å². The molecule has 408 valence electrons. The minimum Gasteiger partial charge on any atom is -0.486 e. The van der Waals surface area contributed by atoms with E-state index in [4.69, 9.17) is 6.57 Å². The lowest BCUT2D eigenvalue weighted by Crippen LogP contribution is -2.09. The molecular formula is C72H98N2O2. The van der Waals surface area contributed by atoms with Gasteiger partial charge in [0, 0.05) is 17.1 Å². The maximum absolute atomic E-state index is 11.3. The van der Waals surface area contributed by atoms with Crippen molar-refractivity contribution in [2.45, 2.75) is 232 Å². The second kappa shape index (κ2) is 37.2. The summed E-state index contributed by atoms with van der Waals surface area (Å²) in [6, 6.07) is 44.5. The van der Waals surface area contributed by atoms with Gasteiger partial charge in [0.15, 0.2) is 0 Å².